The molecule has 0 unspecified atom stereocenters. The molecule has 0 aliphatic rings. The van der Waals surface area contributed by atoms with E-state index >= 15 is 0 Å². The molecule has 0 bridgehead atoms. The van der Waals surface area contributed by atoms with Crippen LogP contribution in [0.4, 0.5) is 0 Å². The number of benzene rings is 2. The van der Waals surface area contributed by atoms with Crippen molar-refractivity contribution in [2.45, 2.75) is 32.8 Å². The molecule has 2 N–H and O–H groups in total. The van der Waals surface area contributed by atoms with Gasteiger partial charge in [-0.1, -0.05) is 24.3 Å². The van der Waals surface area contributed by atoms with E-state index in [0.29, 0.717) is 18.7 Å². The Hall–Kier alpha value is -2.69. The van der Waals surface area contributed by atoms with Crippen molar-refractivity contribution in [2.24, 2.45) is 0 Å². The van der Waals surface area contributed by atoms with Crippen molar-refractivity contribution in [3.05, 3.63) is 53.6 Å². The van der Waals surface area contributed by atoms with Gasteiger partial charge in [-0.25, -0.2) is 0 Å². The first kappa shape index (κ1) is 18.6. The fraction of sp³-hybridized carbons (Fsp3) is 0.350. The minimum absolute atomic E-state index is 0.0576. The SMILES string of the molecule is COc1ccc(CCNC(=O)Cc2ccccc2OC(C)C)c(O)c1. The highest BCUT2D eigenvalue weighted by Crippen LogP contribution is 2.23. The molecule has 0 radical (unpaired) electrons. The molecule has 0 saturated carbocycles. The zero-order valence-corrected chi connectivity index (χ0v) is 14.9. The van der Waals surface area contributed by atoms with Crippen molar-refractivity contribution in [3.63, 3.8) is 0 Å². The molecular weight excluding hydrogens is 318 g/mol. The molecule has 0 fully saturated rings. The zero-order valence-electron chi connectivity index (χ0n) is 14.9. The second-order valence-electron chi connectivity index (χ2n) is 6.05. The van der Waals surface area contributed by atoms with E-state index < -0.39 is 0 Å². The fourth-order valence-electron chi connectivity index (χ4n) is 2.47. The van der Waals surface area contributed by atoms with Crippen LogP contribution in [0, 0.1) is 0 Å². The van der Waals surface area contributed by atoms with Crippen LogP contribution in [0.25, 0.3) is 0 Å². The van der Waals surface area contributed by atoms with Crippen LogP contribution < -0.4 is 14.8 Å². The molecule has 5 nitrogen and oxygen atoms in total. The summed E-state index contributed by atoms with van der Waals surface area (Å²) < 4.78 is 10.8. The Morgan fingerprint density at radius 3 is 2.60 bits per heavy atom. The van der Waals surface area contributed by atoms with Gasteiger partial charge in [0, 0.05) is 18.2 Å². The van der Waals surface area contributed by atoms with Crippen molar-refractivity contribution >= 4 is 5.91 Å². The summed E-state index contributed by atoms with van der Waals surface area (Å²) in [7, 11) is 1.55. The third-order valence-electron chi connectivity index (χ3n) is 3.70. The lowest BCUT2D eigenvalue weighted by Crippen LogP contribution is -2.27. The van der Waals surface area contributed by atoms with Crippen LogP contribution in [-0.4, -0.2) is 30.8 Å². The number of phenolic OH excluding ortho intramolecular Hbond substituents is 1. The number of hydrogen-bond donors (Lipinski definition) is 2. The standard InChI is InChI=1S/C20H25NO4/c1-14(2)25-19-7-5-4-6-16(19)12-20(23)21-11-10-15-8-9-17(24-3)13-18(15)22/h4-9,13-14,22H,10-12H2,1-3H3,(H,21,23). The first-order chi connectivity index (χ1) is 12.0. The number of para-hydroxylation sites is 1. The van der Waals surface area contributed by atoms with Crippen LogP contribution in [-0.2, 0) is 17.6 Å². The Bertz CT molecular complexity index is 713. The van der Waals surface area contributed by atoms with Gasteiger partial charge in [-0.15, -0.1) is 0 Å². The normalized spacial score (nSPS) is 10.6. The molecule has 0 atom stereocenters. The number of nitrogens with one attached hydrogen (secondary N) is 1. The minimum atomic E-state index is -0.0761. The topological polar surface area (TPSA) is 67.8 Å². The summed E-state index contributed by atoms with van der Waals surface area (Å²) in [5.41, 5.74) is 1.63. The molecule has 134 valence electrons. The Kier molecular flexibility index (Phi) is 6.69. The highest BCUT2D eigenvalue weighted by molar-refractivity contribution is 5.79. The van der Waals surface area contributed by atoms with Crippen molar-refractivity contribution in [1.82, 2.24) is 5.32 Å². The summed E-state index contributed by atoms with van der Waals surface area (Å²) >= 11 is 0. The van der Waals surface area contributed by atoms with E-state index in [2.05, 4.69) is 5.32 Å². The molecule has 25 heavy (non-hydrogen) atoms. The third-order valence-corrected chi connectivity index (χ3v) is 3.70. The predicted molar refractivity (Wildman–Crippen MR) is 97.3 cm³/mol. The lowest BCUT2D eigenvalue weighted by molar-refractivity contribution is -0.120. The molecule has 2 aromatic carbocycles. The van der Waals surface area contributed by atoms with Gasteiger partial charge in [0.1, 0.15) is 17.2 Å². The second-order valence-corrected chi connectivity index (χ2v) is 6.05. The fourth-order valence-corrected chi connectivity index (χ4v) is 2.47. The predicted octanol–water partition coefficient (Wildman–Crippen LogP) is 3.09. The lowest BCUT2D eigenvalue weighted by atomic mass is 10.1. The van der Waals surface area contributed by atoms with E-state index in [1.807, 2.05) is 38.1 Å². The zero-order chi connectivity index (χ0) is 18.2. The molecule has 0 aliphatic carbocycles. The molecule has 0 aromatic heterocycles. The first-order valence-corrected chi connectivity index (χ1v) is 8.36. The van der Waals surface area contributed by atoms with Crippen LogP contribution in [0.3, 0.4) is 0 Å². The molecule has 1 amide bonds. The van der Waals surface area contributed by atoms with E-state index in [1.54, 1.807) is 25.3 Å². The van der Waals surface area contributed by atoms with Gasteiger partial charge in [-0.05, 0) is 38.0 Å². The Morgan fingerprint density at radius 1 is 1.16 bits per heavy atom. The average molecular weight is 343 g/mol. The van der Waals surface area contributed by atoms with Crippen molar-refractivity contribution in [1.29, 1.82) is 0 Å². The maximum atomic E-state index is 12.2. The van der Waals surface area contributed by atoms with Crippen LogP contribution in [0.15, 0.2) is 42.5 Å². The summed E-state index contributed by atoms with van der Waals surface area (Å²) in [6.07, 6.45) is 0.866. The molecule has 0 aliphatic heterocycles. The maximum absolute atomic E-state index is 12.2. The van der Waals surface area contributed by atoms with E-state index in [1.165, 1.54) is 0 Å². The second kappa shape index (κ2) is 8.97. The molecular formula is C20H25NO4. The third kappa shape index (κ3) is 5.71. The van der Waals surface area contributed by atoms with Gasteiger partial charge in [0.15, 0.2) is 0 Å². The van der Waals surface area contributed by atoms with E-state index in [9.17, 15) is 9.90 Å². The number of rotatable bonds is 8. The minimum Gasteiger partial charge on any atom is -0.508 e. The first-order valence-electron chi connectivity index (χ1n) is 8.36. The summed E-state index contributed by atoms with van der Waals surface area (Å²) in [6.45, 7) is 4.36. The Morgan fingerprint density at radius 2 is 1.92 bits per heavy atom. The van der Waals surface area contributed by atoms with Crippen molar-refractivity contribution in [2.75, 3.05) is 13.7 Å². The van der Waals surface area contributed by atoms with Crippen LogP contribution >= 0.6 is 0 Å². The number of hydrogen-bond acceptors (Lipinski definition) is 4. The van der Waals surface area contributed by atoms with Crippen molar-refractivity contribution < 1.29 is 19.4 Å². The number of ether oxygens (including phenoxy) is 2. The van der Waals surface area contributed by atoms with Crippen molar-refractivity contribution in [3.8, 4) is 17.2 Å². The average Bonchev–Trinajstić information content (AvgIpc) is 2.57. The van der Waals surface area contributed by atoms with Crippen LogP contribution in [0.5, 0.6) is 17.2 Å². The molecule has 0 saturated heterocycles. The van der Waals surface area contributed by atoms with E-state index in [-0.39, 0.29) is 24.2 Å². The van der Waals surface area contributed by atoms with E-state index in [4.69, 9.17) is 9.47 Å². The number of carbonyl (C=O) groups is 1. The van der Waals surface area contributed by atoms with Crippen LogP contribution in [0.1, 0.15) is 25.0 Å². The van der Waals surface area contributed by atoms with Gasteiger partial charge in [0.2, 0.25) is 5.91 Å². The van der Waals surface area contributed by atoms with E-state index in [0.717, 1.165) is 16.9 Å². The summed E-state index contributed by atoms with van der Waals surface area (Å²) in [5, 5.41) is 12.8. The van der Waals surface area contributed by atoms with Gasteiger partial charge in [-0.2, -0.15) is 0 Å². The number of carbonyl (C=O) groups excluding carboxylic acids is 1. The molecule has 2 aromatic rings. The maximum Gasteiger partial charge on any atom is 0.224 e. The number of amides is 1. The van der Waals surface area contributed by atoms with Gasteiger partial charge in [-0.3, -0.25) is 4.79 Å². The summed E-state index contributed by atoms with van der Waals surface area (Å²) in [5.74, 6) is 1.43. The van der Waals surface area contributed by atoms with Gasteiger partial charge in [0.05, 0.1) is 19.6 Å². The van der Waals surface area contributed by atoms with Crippen LogP contribution in [0.2, 0.25) is 0 Å². The monoisotopic (exact) mass is 343 g/mol. The Labute approximate surface area is 148 Å². The van der Waals surface area contributed by atoms with Gasteiger partial charge < -0.3 is 19.9 Å². The molecule has 0 heterocycles. The molecule has 5 heteroatoms. The van der Waals surface area contributed by atoms with Gasteiger partial charge >= 0.3 is 0 Å². The summed E-state index contributed by atoms with van der Waals surface area (Å²) in [6, 6.07) is 12.7. The number of methoxy groups -OCH3 is 1. The van der Waals surface area contributed by atoms with Gasteiger partial charge in [0.25, 0.3) is 0 Å². The molecule has 2 rings (SSSR count). The Balaban J connectivity index is 1.87. The highest BCUT2D eigenvalue weighted by atomic mass is 16.5. The quantitative estimate of drug-likeness (QED) is 0.773. The number of phenols is 1. The smallest absolute Gasteiger partial charge is 0.224 e. The lowest BCUT2D eigenvalue weighted by Gasteiger charge is -2.14. The molecule has 0 spiro atoms. The number of aromatic hydroxyl groups is 1. The highest BCUT2D eigenvalue weighted by Gasteiger charge is 2.10. The summed E-state index contributed by atoms with van der Waals surface area (Å²) in [4.78, 5) is 12.2. The largest absolute Gasteiger partial charge is 0.508 e.